The van der Waals surface area contributed by atoms with Crippen LogP contribution in [0.4, 0.5) is 4.79 Å². The normalized spacial score (nSPS) is 15.0. The van der Waals surface area contributed by atoms with E-state index in [1.165, 1.54) is 0 Å². The van der Waals surface area contributed by atoms with Crippen molar-refractivity contribution in [3.05, 3.63) is 34.7 Å². The highest BCUT2D eigenvalue weighted by molar-refractivity contribution is 5.67. The summed E-state index contributed by atoms with van der Waals surface area (Å²) in [4.78, 5) is 20.6. The number of aromatic nitrogens is 1. The van der Waals surface area contributed by atoms with Gasteiger partial charge in [0.15, 0.2) is 0 Å². The minimum absolute atomic E-state index is 0.229. The number of carbonyl (C=O) groups is 1. The molecule has 3 rings (SSSR count). The second kappa shape index (κ2) is 8.65. The van der Waals surface area contributed by atoms with Gasteiger partial charge in [0.25, 0.3) is 0 Å². The number of methoxy groups -OCH3 is 1. The maximum atomic E-state index is 11.8. The molecule has 0 bridgehead atoms. The number of aryl methyl sites for hydroxylation is 1. The van der Waals surface area contributed by atoms with Crippen molar-refractivity contribution < 1.29 is 18.7 Å². The summed E-state index contributed by atoms with van der Waals surface area (Å²) in [6, 6.07) is 3.94. The number of oxazole rings is 1. The molecule has 2 aromatic rings. The van der Waals surface area contributed by atoms with E-state index in [-0.39, 0.29) is 6.09 Å². The number of hydrogen-bond donors (Lipinski definition) is 0. The van der Waals surface area contributed by atoms with Gasteiger partial charge in [0.05, 0.1) is 19.4 Å². The highest BCUT2D eigenvalue weighted by Crippen LogP contribution is 2.31. The van der Waals surface area contributed by atoms with Crippen molar-refractivity contribution in [3.8, 4) is 17.2 Å². The lowest BCUT2D eigenvalue weighted by Crippen LogP contribution is -2.48. The van der Waals surface area contributed by atoms with Gasteiger partial charge in [-0.3, -0.25) is 4.90 Å². The summed E-state index contributed by atoms with van der Waals surface area (Å²) in [6.07, 6.45) is -0.229. The number of benzene rings is 1. The lowest BCUT2D eigenvalue weighted by atomic mass is 10.0. The number of amides is 1. The SMILES string of the molecule is CCOC(=O)N1CCN(Cc2nc(-c3ccc(OC)c(C)c3C)oc2C)CC1. The molecule has 1 amide bonds. The van der Waals surface area contributed by atoms with Gasteiger partial charge in [0.2, 0.25) is 5.89 Å². The predicted molar refractivity (Wildman–Crippen MR) is 107 cm³/mol. The topological polar surface area (TPSA) is 68.0 Å². The van der Waals surface area contributed by atoms with Crippen molar-refractivity contribution >= 4 is 6.09 Å². The third kappa shape index (κ3) is 4.14. The maximum Gasteiger partial charge on any atom is 0.409 e. The molecule has 2 heterocycles. The van der Waals surface area contributed by atoms with E-state index in [4.69, 9.17) is 18.9 Å². The van der Waals surface area contributed by atoms with Gasteiger partial charge < -0.3 is 18.8 Å². The molecule has 1 aromatic heterocycles. The van der Waals surface area contributed by atoms with Gasteiger partial charge in [-0.1, -0.05) is 0 Å². The van der Waals surface area contributed by atoms with Crippen LogP contribution < -0.4 is 4.74 Å². The highest BCUT2D eigenvalue weighted by Gasteiger charge is 2.24. The number of carbonyl (C=O) groups excluding carboxylic acids is 1. The fraction of sp³-hybridized carbons (Fsp3) is 0.524. The molecule has 7 nitrogen and oxygen atoms in total. The van der Waals surface area contributed by atoms with Crippen molar-refractivity contribution in [2.24, 2.45) is 0 Å². The molecule has 0 aliphatic carbocycles. The number of nitrogens with zero attached hydrogens (tertiary/aromatic N) is 3. The van der Waals surface area contributed by atoms with Crippen LogP contribution in [0.2, 0.25) is 0 Å². The zero-order valence-corrected chi connectivity index (χ0v) is 17.4. The zero-order chi connectivity index (χ0) is 20.3. The molecule has 0 spiro atoms. The molecule has 1 fully saturated rings. The average Bonchev–Trinajstić information content (AvgIpc) is 3.04. The molecule has 1 aromatic carbocycles. The summed E-state index contributed by atoms with van der Waals surface area (Å²) in [7, 11) is 1.68. The smallest absolute Gasteiger partial charge is 0.409 e. The van der Waals surface area contributed by atoms with Crippen LogP contribution in [0, 0.1) is 20.8 Å². The third-order valence-electron chi connectivity index (χ3n) is 5.35. The first-order valence-corrected chi connectivity index (χ1v) is 9.69. The van der Waals surface area contributed by atoms with E-state index in [1.54, 1.807) is 12.0 Å². The lowest BCUT2D eigenvalue weighted by molar-refractivity contribution is 0.0774. The summed E-state index contributed by atoms with van der Waals surface area (Å²) in [5.74, 6) is 2.33. The van der Waals surface area contributed by atoms with Gasteiger partial charge in [-0.15, -0.1) is 0 Å². The highest BCUT2D eigenvalue weighted by atomic mass is 16.6. The molecule has 0 radical (unpaired) electrons. The van der Waals surface area contributed by atoms with Crippen molar-refractivity contribution in [1.82, 2.24) is 14.8 Å². The Labute approximate surface area is 166 Å². The molecule has 0 N–H and O–H groups in total. The molecule has 0 saturated carbocycles. The van der Waals surface area contributed by atoms with Crippen molar-refractivity contribution in [2.45, 2.75) is 34.2 Å². The van der Waals surface area contributed by atoms with Gasteiger partial charge in [-0.25, -0.2) is 9.78 Å². The van der Waals surface area contributed by atoms with Crippen LogP contribution in [0.5, 0.6) is 5.75 Å². The van der Waals surface area contributed by atoms with E-state index < -0.39 is 0 Å². The van der Waals surface area contributed by atoms with Crippen LogP contribution in [0.15, 0.2) is 16.5 Å². The number of rotatable bonds is 5. The third-order valence-corrected chi connectivity index (χ3v) is 5.35. The molecule has 1 aliphatic heterocycles. The van der Waals surface area contributed by atoms with E-state index in [1.807, 2.05) is 32.9 Å². The molecule has 1 aliphatic rings. The minimum Gasteiger partial charge on any atom is -0.496 e. The van der Waals surface area contributed by atoms with E-state index in [0.29, 0.717) is 32.1 Å². The number of hydrogen-bond acceptors (Lipinski definition) is 6. The lowest BCUT2D eigenvalue weighted by Gasteiger charge is -2.33. The zero-order valence-electron chi connectivity index (χ0n) is 17.4. The Morgan fingerprint density at radius 3 is 2.50 bits per heavy atom. The first-order valence-electron chi connectivity index (χ1n) is 9.69. The standard InChI is InChI=1S/C21H29N3O4/c1-6-27-21(25)24-11-9-23(10-12-24)13-18-16(4)28-20(22-18)17-7-8-19(26-5)15(3)14(17)2/h7-8H,6,9-13H2,1-5H3. The summed E-state index contributed by atoms with van der Waals surface area (Å²) in [5, 5.41) is 0. The Balaban J connectivity index is 1.69. The summed E-state index contributed by atoms with van der Waals surface area (Å²) >= 11 is 0. The fourth-order valence-electron chi connectivity index (χ4n) is 3.45. The molecule has 28 heavy (non-hydrogen) atoms. The molecule has 0 unspecified atom stereocenters. The van der Waals surface area contributed by atoms with Crippen LogP contribution in [0.3, 0.4) is 0 Å². The number of ether oxygens (including phenoxy) is 2. The first kappa shape index (κ1) is 20.2. The molecule has 0 atom stereocenters. The van der Waals surface area contributed by atoms with Crippen molar-refractivity contribution in [3.63, 3.8) is 0 Å². The van der Waals surface area contributed by atoms with Gasteiger partial charge in [-0.2, -0.15) is 0 Å². The van der Waals surface area contributed by atoms with E-state index in [9.17, 15) is 4.79 Å². The van der Waals surface area contributed by atoms with Gasteiger partial charge in [0, 0.05) is 38.3 Å². The van der Waals surface area contributed by atoms with E-state index in [2.05, 4.69) is 11.8 Å². The summed E-state index contributed by atoms with van der Waals surface area (Å²) in [6.45, 7) is 11.9. The largest absolute Gasteiger partial charge is 0.496 e. The molecule has 7 heteroatoms. The summed E-state index contributed by atoms with van der Waals surface area (Å²) < 4.78 is 16.4. The van der Waals surface area contributed by atoms with Gasteiger partial charge in [-0.05, 0) is 51.0 Å². The van der Waals surface area contributed by atoms with Crippen LogP contribution in [-0.4, -0.2) is 60.8 Å². The first-order chi connectivity index (χ1) is 13.4. The Kier molecular flexibility index (Phi) is 6.24. The van der Waals surface area contributed by atoms with Crippen LogP contribution in [0.25, 0.3) is 11.5 Å². The van der Waals surface area contributed by atoms with Crippen molar-refractivity contribution in [1.29, 1.82) is 0 Å². The van der Waals surface area contributed by atoms with Crippen LogP contribution >= 0.6 is 0 Å². The molecule has 152 valence electrons. The molecular weight excluding hydrogens is 358 g/mol. The Hall–Kier alpha value is -2.54. The van der Waals surface area contributed by atoms with Crippen molar-refractivity contribution in [2.75, 3.05) is 39.9 Å². The van der Waals surface area contributed by atoms with Crippen LogP contribution in [0.1, 0.15) is 29.5 Å². The average molecular weight is 387 g/mol. The predicted octanol–water partition coefficient (Wildman–Crippen LogP) is 3.55. The minimum atomic E-state index is -0.229. The molecule has 1 saturated heterocycles. The number of piperazine rings is 1. The molecular formula is C21H29N3O4. The van der Waals surface area contributed by atoms with E-state index >= 15 is 0 Å². The fourth-order valence-corrected chi connectivity index (χ4v) is 3.45. The second-order valence-corrected chi connectivity index (χ2v) is 7.05. The second-order valence-electron chi connectivity index (χ2n) is 7.05. The maximum absolute atomic E-state index is 11.8. The monoisotopic (exact) mass is 387 g/mol. The Morgan fingerprint density at radius 2 is 1.86 bits per heavy atom. The van der Waals surface area contributed by atoms with Gasteiger partial charge >= 0.3 is 6.09 Å². The summed E-state index contributed by atoms with van der Waals surface area (Å²) in [5.41, 5.74) is 4.12. The van der Waals surface area contributed by atoms with E-state index in [0.717, 1.165) is 47.0 Å². The Morgan fingerprint density at radius 1 is 1.14 bits per heavy atom. The van der Waals surface area contributed by atoms with Gasteiger partial charge in [0.1, 0.15) is 11.5 Å². The van der Waals surface area contributed by atoms with Crippen LogP contribution in [-0.2, 0) is 11.3 Å². The quantitative estimate of drug-likeness (QED) is 0.782. The Bertz CT molecular complexity index is 838.